The van der Waals surface area contributed by atoms with Gasteiger partial charge in [0.1, 0.15) is 24.9 Å². The van der Waals surface area contributed by atoms with Crippen molar-refractivity contribution in [2.24, 2.45) is 0 Å². The highest BCUT2D eigenvalue weighted by atomic mass is 16.6. The molecule has 252 valence electrons. The normalized spacial score (nSPS) is 14.5. The van der Waals surface area contributed by atoms with E-state index in [-0.39, 0.29) is 24.3 Å². The van der Waals surface area contributed by atoms with Crippen LogP contribution < -0.4 is 5.32 Å². The first-order valence-corrected chi connectivity index (χ1v) is 15.3. The van der Waals surface area contributed by atoms with Crippen molar-refractivity contribution in [1.82, 2.24) is 20.2 Å². The van der Waals surface area contributed by atoms with Crippen LogP contribution in [0.3, 0.4) is 0 Å². The van der Waals surface area contributed by atoms with Crippen molar-refractivity contribution in [3.05, 3.63) is 131 Å². The van der Waals surface area contributed by atoms with E-state index in [0.29, 0.717) is 21.0 Å². The number of fused-ring (bicyclic) bond motifs is 1. The molecule has 0 saturated heterocycles. The van der Waals surface area contributed by atoms with Crippen LogP contribution >= 0.6 is 0 Å². The second-order valence-corrected chi connectivity index (χ2v) is 11.9. The molecule has 49 heavy (non-hydrogen) atoms. The molecule has 2 aliphatic heterocycles. The van der Waals surface area contributed by atoms with Crippen molar-refractivity contribution in [1.29, 1.82) is 0 Å². The zero-order chi connectivity index (χ0) is 35.1. The van der Waals surface area contributed by atoms with Gasteiger partial charge in [0.25, 0.3) is 17.7 Å². The Labute approximate surface area is 282 Å². The average Bonchev–Trinajstić information content (AvgIpc) is 3.35. The van der Waals surface area contributed by atoms with Crippen LogP contribution in [0, 0.1) is 0 Å². The Morgan fingerprint density at radius 2 is 1.29 bits per heavy atom. The molecule has 0 unspecified atom stereocenters. The minimum atomic E-state index is -1.77. The summed E-state index contributed by atoms with van der Waals surface area (Å²) in [5.41, 5.74) is 0.0167. The summed E-state index contributed by atoms with van der Waals surface area (Å²) in [5.74, 6) is -3.71. The second kappa shape index (κ2) is 14.7. The van der Waals surface area contributed by atoms with E-state index in [1.165, 1.54) is 30.5 Å². The van der Waals surface area contributed by atoms with Crippen LogP contribution in [0.1, 0.15) is 52.6 Å². The fourth-order valence-electron chi connectivity index (χ4n) is 4.98. The van der Waals surface area contributed by atoms with E-state index in [4.69, 9.17) is 14.2 Å². The molecule has 0 spiro atoms. The number of imide groups is 1. The van der Waals surface area contributed by atoms with Crippen molar-refractivity contribution < 1.29 is 43.0 Å². The van der Waals surface area contributed by atoms with Gasteiger partial charge in [-0.25, -0.2) is 19.4 Å². The summed E-state index contributed by atoms with van der Waals surface area (Å²) in [4.78, 5) is 82.4. The molecule has 0 bridgehead atoms. The number of hydrogen-bond donors (Lipinski definition) is 1. The lowest BCUT2D eigenvalue weighted by molar-refractivity contribution is -0.159. The van der Waals surface area contributed by atoms with Gasteiger partial charge in [0.05, 0.1) is 17.7 Å². The second-order valence-electron chi connectivity index (χ2n) is 11.9. The quantitative estimate of drug-likeness (QED) is 0.194. The van der Waals surface area contributed by atoms with Gasteiger partial charge in [0.2, 0.25) is 0 Å². The Kier molecular flexibility index (Phi) is 10.2. The Bertz CT molecular complexity index is 1780. The average molecular weight is 667 g/mol. The van der Waals surface area contributed by atoms with Gasteiger partial charge in [0, 0.05) is 6.20 Å². The summed E-state index contributed by atoms with van der Waals surface area (Å²) in [6.07, 6.45) is 1.76. The maximum atomic E-state index is 14.6. The number of rotatable bonds is 9. The molecule has 1 N–H and O–H groups in total. The summed E-state index contributed by atoms with van der Waals surface area (Å²) >= 11 is 0. The number of alkyl carbamates (subject to hydrolysis) is 1. The van der Waals surface area contributed by atoms with Gasteiger partial charge in [-0.3, -0.25) is 19.3 Å². The van der Waals surface area contributed by atoms with E-state index in [9.17, 15) is 28.8 Å². The fourth-order valence-corrected chi connectivity index (χ4v) is 4.98. The first-order chi connectivity index (χ1) is 23.4. The number of carbonyl (C=O) groups is 6. The summed E-state index contributed by atoms with van der Waals surface area (Å²) in [7, 11) is 0. The standard InChI is InChI=1S/C36H34N4O9/c1-36(2,3)49-33(44)28-19-12-20-38(35(46)48-23-25-15-8-5-9-16-25)40(28)32(43)29(21-37-34(45)47-22-24-13-6-4-7-14-24)39-30(41)26-17-10-11-18-27(26)31(39)42/h4-20,29H,21-23H2,1-3H3,(H,37,45)/t29-/m0/s1. The van der Waals surface area contributed by atoms with E-state index < -0.39 is 59.8 Å². The number of benzene rings is 3. The van der Waals surface area contributed by atoms with Gasteiger partial charge < -0.3 is 19.5 Å². The molecule has 0 aliphatic carbocycles. The highest BCUT2D eigenvalue weighted by Crippen LogP contribution is 2.28. The maximum absolute atomic E-state index is 14.6. The van der Waals surface area contributed by atoms with Crippen molar-refractivity contribution in [2.75, 3.05) is 6.54 Å². The summed E-state index contributed by atoms with van der Waals surface area (Å²) in [6.45, 7) is 3.96. The van der Waals surface area contributed by atoms with Crippen LogP contribution in [-0.2, 0) is 37.0 Å². The Balaban J connectivity index is 1.47. The molecule has 13 heteroatoms. The summed E-state index contributed by atoms with van der Waals surface area (Å²) < 4.78 is 16.3. The number of nitrogens with one attached hydrogen (secondary N) is 1. The SMILES string of the molecule is CC(C)(C)OC(=O)C1=CC=CN(C(=O)OCc2ccccc2)N1C(=O)[C@H](CNC(=O)OCc1ccccc1)N1C(=O)c2ccccc2C1=O. The lowest BCUT2D eigenvalue weighted by Crippen LogP contribution is -2.60. The van der Waals surface area contributed by atoms with E-state index in [2.05, 4.69) is 5.32 Å². The number of amides is 5. The number of nitrogens with zero attached hydrogens (tertiary/aromatic N) is 3. The number of esters is 1. The van der Waals surface area contributed by atoms with Crippen LogP contribution in [0.5, 0.6) is 0 Å². The molecule has 0 aromatic heterocycles. The molecular formula is C36H34N4O9. The third kappa shape index (κ3) is 8.01. The lowest BCUT2D eigenvalue weighted by atomic mass is 10.1. The number of carbonyl (C=O) groups excluding carboxylic acids is 6. The molecule has 1 atom stereocenters. The molecule has 3 aromatic rings. The Morgan fingerprint density at radius 1 is 0.755 bits per heavy atom. The van der Waals surface area contributed by atoms with E-state index in [1.54, 1.807) is 93.6 Å². The molecular weight excluding hydrogens is 632 g/mol. The zero-order valence-corrected chi connectivity index (χ0v) is 27.0. The summed E-state index contributed by atoms with van der Waals surface area (Å²) in [5, 5.41) is 3.86. The number of allylic oxidation sites excluding steroid dienone is 2. The van der Waals surface area contributed by atoms with Gasteiger partial charge in [-0.2, -0.15) is 5.01 Å². The highest BCUT2D eigenvalue weighted by molar-refractivity contribution is 6.23. The third-order valence-electron chi connectivity index (χ3n) is 7.21. The predicted octanol–water partition coefficient (Wildman–Crippen LogP) is 4.71. The van der Waals surface area contributed by atoms with Crippen molar-refractivity contribution in [2.45, 2.75) is 45.6 Å². The maximum Gasteiger partial charge on any atom is 0.433 e. The van der Waals surface area contributed by atoms with Gasteiger partial charge in [-0.1, -0.05) is 72.8 Å². The largest absolute Gasteiger partial charge is 0.455 e. The number of hydrazine groups is 1. The molecule has 2 heterocycles. The zero-order valence-electron chi connectivity index (χ0n) is 27.0. The minimum Gasteiger partial charge on any atom is -0.455 e. The van der Waals surface area contributed by atoms with Crippen molar-refractivity contribution >= 4 is 35.9 Å². The Hall–Kier alpha value is -6.24. The molecule has 13 nitrogen and oxygen atoms in total. The monoisotopic (exact) mass is 666 g/mol. The number of ether oxygens (including phenoxy) is 3. The lowest BCUT2D eigenvalue weighted by Gasteiger charge is -2.38. The molecule has 3 aromatic carbocycles. The summed E-state index contributed by atoms with van der Waals surface area (Å²) in [6, 6.07) is 21.8. The third-order valence-corrected chi connectivity index (χ3v) is 7.21. The van der Waals surface area contributed by atoms with Gasteiger partial charge in [-0.15, -0.1) is 0 Å². The topological polar surface area (TPSA) is 152 Å². The van der Waals surface area contributed by atoms with Crippen molar-refractivity contribution in [3.63, 3.8) is 0 Å². The first-order valence-electron chi connectivity index (χ1n) is 15.3. The molecule has 2 aliphatic rings. The van der Waals surface area contributed by atoms with Gasteiger partial charge in [-0.05, 0) is 56.2 Å². The fraction of sp³-hybridized carbons (Fsp3) is 0.222. The van der Waals surface area contributed by atoms with Gasteiger partial charge in [0.15, 0.2) is 5.70 Å². The van der Waals surface area contributed by atoms with E-state index in [0.717, 1.165) is 5.01 Å². The molecule has 0 radical (unpaired) electrons. The van der Waals surface area contributed by atoms with Crippen molar-refractivity contribution in [3.8, 4) is 0 Å². The van der Waals surface area contributed by atoms with Crippen LogP contribution in [0.15, 0.2) is 109 Å². The Morgan fingerprint density at radius 3 is 1.84 bits per heavy atom. The molecule has 0 fully saturated rings. The van der Waals surface area contributed by atoms with E-state index >= 15 is 0 Å². The smallest absolute Gasteiger partial charge is 0.433 e. The number of hydrogen-bond acceptors (Lipinski definition) is 9. The molecule has 5 amide bonds. The van der Waals surface area contributed by atoms with Crippen LogP contribution in [0.25, 0.3) is 0 Å². The van der Waals surface area contributed by atoms with Gasteiger partial charge >= 0.3 is 18.2 Å². The van der Waals surface area contributed by atoms with E-state index in [1.807, 2.05) is 0 Å². The van der Waals surface area contributed by atoms with Crippen LogP contribution in [0.2, 0.25) is 0 Å². The first kappa shape index (κ1) is 34.1. The highest BCUT2D eigenvalue weighted by Gasteiger charge is 2.47. The van der Waals surface area contributed by atoms with Crippen LogP contribution in [-0.4, -0.2) is 69.0 Å². The molecule has 0 saturated carbocycles. The van der Waals surface area contributed by atoms with Crippen LogP contribution in [0.4, 0.5) is 9.59 Å². The minimum absolute atomic E-state index is 0.0394. The predicted molar refractivity (Wildman–Crippen MR) is 174 cm³/mol. The molecule has 5 rings (SSSR count).